The molecule has 6 saturated carbocycles. The van der Waals surface area contributed by atoms with Gasteiger partial charge in [0.1, 0.15) is 0 Å². The molecule has 1 N–H and O–H groups in total. The van der Waals surface area contributed by atoms with Crippen LogP contribution in [0.2, 0.25) is 0 Å². The van der Waals surface area contributed by atoms with Crippen LogP contribution in [-0.4, -0.2) is 12.1 Å². The molecule has 0 spiro atoms. The molecule has 76 valence electrons. The molecule has 0 saturated heterocycles. The first-order chi connectivity index (χ1) is 6.57. The van der Waals surface area contributed by atoms with Crippen molar-refractivity contribution < 1.29 is 0 Å². The topological polar surface area (TPSA) is 12.0 Å². The van der Waals surface area contributed by atoms with E-state index in [0.717, 1.165) is 5.41 Å². The molecule has 0 aromatic carbocycles. The molecule has 6 aliphatic rings. The molecule has 0 radical (unpaired) electrons. The van der Waals surface area contributed by atoms with Gasteiger partial charge in [0.15, 0.2) is 0 Å². The zero-order valence-corrected chi connectivity index (χ0v) is 9.25. The maximum absolute atomic E-state index is 3.76. The Bertz CT molecular complexity index is 300. The summed E-state index contributed by atoms with van der Waals surface area (Å²) in [5.41, 5.74) is 1.19. The normalized spacial score (nSPS) is 73.5. The average molecular weight is 189 g/mol. The van der Waals surface area contributed by atoms with Crippen LogP contribution >= 0.6 is 0 Å². The van der Waals surface area contributed by atoms with Crippen LogP contribution in [0.15, 0.2) is 0 Å². The highest BCUT2D eigenvalue weighted by molar-refractivity contribution is 5.50. The lowest BCUT2D eigenvalue weighted by molar-refractivity contribution is -0.612. The second-order valence-corrected chi connectivity index (χ2v) is 7.60. The maximum atomic E-state index is 3.76. The Morgan fingerprint density at radius 1 is 0.929 bits per heavy atom. The van der Waals surface area contributed by atoms with Gasteiger partial charge in [0.25, 0.3) is 0 Å². The average Bonchev–Trinajstić information content (AvgIpc) is 2.14. The van der Waals surface area contributed by atoms with Crippen LogP contribution in [0.3, 0.4) is 0 Å². The summed E-state index contributed by atoms with van der Waals surface area (Å²) in [6.45, 7) is 8.24. The molecule has 0 bridgehead atoms. The van der Waals surface area contributed by atoms with Crippen molar-refractivity contribution in [3.8, 4) is 0 Å². The van der Waals surface area contributed by atoms with Crippen molar-refractivity contribution >= 4 is 0 Å². The predicted octanol–water partition coefficient (Wildman–Crippen LogP) is 1.74. The Kier molecular flexibility index (Phi) is 0.788. The van der Waals surface area contributed by atoms with Crippen molar-refractivity contribution in [3.63, 3.8) is 0 Å². The zero-order chi connectivity index (χ0) is 9.46. The van der Waals surface area contributed by atoms with Crippen molar-refractivity contribution in [3.05, 3.63) is 0 Å². The summed E-state index contributed by atoms with van der Waals surface area (Å²) in [6, 6.07) is 0. The van der Waals surface area contributed by atoms with E-state index in [4.69, 9.17) is 0 Å². The van der Waals surface area contributed by atoms with Gasteiger partial charge in [-0.05, 0) is 67.6 Å². The van der Waals surface area contributed by atoms with Crippen LogP contribution in [0.25, 0.3) is 0 Å². The van der Waals surface area contributed by atoms with Gasteiger partial charge >= 0.3 is 0 Å². The van der Waals surface area contributed by atoms with Crippen LogP contribution < -0.4 is 5.32 Å². The second kappa shape index (κ2) is 1.52. The van der Waals surface area contributed by atoms with Gasteiger partial charge in [-0.25, -0.2) is 0 Å². The number of hydrogen-bond donors (Lipinski definition) is 1. The van der Waals surface area contributed by atoms with Crippen LogP contribution in [0, 0.1) is 46.8 Å². The molecule has 6 fully saturated rings. The van der Waals surface area contributed by atoms with Gasteiger partial charge in [0.2, 0.25) is 0 Å². The summed E-state index contributed by atoms with van der Waals surface area (Å²) in [6.07, 6.45) is 0. The Morgan fingerprint density at radius 2 is 1.43 bits per heavy atom. The number of nitrogens with one attached hydrogen (secondary N) is 1. The second-order valence-electron chi connectivity index (χ2n) is 7.60. The highest BCUT2D eigenvalue weighted by Crippen LogP contribution is 3.05. The maximum Gasteiger partial charge on any atom is 0.00967 e. The van der Waals surface area contributed by atoms with E-state index in [1.807, 2.05) is 0 Å². The molecule has 0 aromatic heterocycles. The molecule has 1 nitrogen and oxygen atoms in total. The largest absolute Gasteiger partial charge is 0.311 e. The van der Waals surface area contributed by atoms with Crippen molar-refractivity contribution in [2.75, 3.05) is 6.54 Å². The Hall–Kier alpha value is -0.0400. The number of hydrogen-bond acceptors (Lipinski definition) is 1. The zero-order valence-electron chi connectivity index (χ0n) is 9.25. The molecule has 0 aromatic rings. The molecule has 0 aliphatic heterocycles. The molecule has 1 heteroatoms. The fourth-order valence-corrected chi connectivity index (χ4v) is 6.44. The van der Waals surface area contributed by atoms with Gasteiger partial charge in [-0.15, -0.1) is 0 Å². The van der Waals surface area contributed by atoms with E-state index in [1.54, 1.807) is 0 Å². The Balaban J connectivity index is 1.39. The molecule has 0 unspecified atom stereocenters. The third-order valence-electron chi connectivity index (χ3n) is 6.61. The van der Waals surface area contributed by atoms with Gasteiger partial charge in [-0.1, -0.05) is 0 Å². The molecular formula is C13H19N. The van der Waals surface area contributed by atoms with Gasteiger partial charge in [0.05, 0.1) is 0 Å². The van der Waals surface area contributed by atoms with Crippen molar-refractivity contribution in [1.29, 1.82) is 0 Å². The Labute approximate surface area is 85.6 Å². The van der Waals surface area contributed by atoms with Crippen LogP contribution in [0.5, 0.6) is 0 Å². The standard InChI is InChI=1S/C13H19N/c1-12(2,3)14-4-13-9-6-5-7(9)11(13)8(5)10(6)13/h5-11,14H,4H2,1-3H3. The highest BCUT2D eigenvalue weighted by Gasteiger charge is 3.03. The summed E-state index contributed by atoms with van der Waals surface area (Å²) in [5, 5.41) is 3.76. The quantitative estimate of drug-likeness (QED) is 0.697. The molecule has 14 heavy (non-hydrogen) atoms. The molecule has 0 heterocycles. The minimum Gasteiger partial charge on any atom is -0.311 e. The van der Waals surface area contributed by atoms with Crippen LogP contribution in [0.1, 0.15) is 20.8 Å². The fraction of sp³-hybridized carbons (Fsp3) is 1.00. The van der Waals surface area contributed by atoms with E-state index < -0.39 is 0 Å². The smallest absolute Gasteiger partial charge is 0.00967 e. The minimum atomic E-state index is 0.329. The van der Waals surface area contributed by atoms with E-state index in [0.29, 0.717) is 5.54 Å². The van der Waals surface area contributed by atoms with E-state index in [9.17, 15) is 0 Å². The first-order valence-corrected chi connectivity index (χ1v) is 6.32. The van der Waals surface area contributed by atoms with Crippen molar-refractivity contribution in [2.24, 2.45) is 46.8 Å². The first-order valence-electron chi connectivity index (χ1n) is 6.32. The van der Waals surface area contributed by atoms with E-state index in [-0.39, 0.29) is 0 Å². The third kappa shape index (κ3) is 0.387. The lowest BCUT2D eigenvalue weighted by atomic mass is 8.96. The van der Waals surface area contributed by atoms with E-state index >= 15 is 0 Å². The molecule has 0 amide bonds. The van der Waals surface area contributed by atoms with E-state index in [1.165, 1.54) is 48.0 Å². The van der Waals surface area contributed by atoms with Gasteiger partial charge in [0, 0.05) is 12.1 Å². The monoisotopic (exact) mass is 189 g/mol. The summed E-state index contributed by atoms with van der Waals surface area (Å²) in [5.74, 6) is 8.64. The molecule has 6 aliphatic carbocycles. The predicted molar refractivity (Wildman–Crippen MR) is 54.6 cm³/mol. The van der Waals surface area contributed by atoms with Crippen molar-refractivity contribution in [1.82, 2.24) is 5.32 Å². The summed E-state index contributed by atoms with van der Waals surface area (Å²) >= 11 is 0. The lowest BCUT2D eigenvalue weighted by Gasteiger charge is -3.08. The van der Waals surface area contributed by atoms with Crippen LogP contribution in [0.4, 0.5) is 0 Å². The van der Waals surface area contributed by atoms with Gasteiger partial charge in [-0.2, -0.15) is 0 Å². The SMILES string of the molecule is CC(C)(C)NCC12C3C4C5C3C1C5C42. The van der Waals surface area contributed by atoms with Crippen LogP contribution in [-0.2, 0) is 0 Å². The molecule has 6 rings (SSSR count). The summed E-state index contributed by atoms with van der Waals surface area (Å²) in [7, 11) is 0. The summed E-state index contributed by atoms with van der Waals surface area (Å²) < 4.78 is 0. The molecular weight excluding hydrogens is 170 g/mol. The van der Waals surface area contributed by atoms with Crippen molar-refractivity contribution in [2.45, 2.75) is 26.3 Å². The lowest BCUT2D eigenvalue weighted by Crippen LogP contribution is -3.06. The molecule has 0 atom stereocenters. The van der Waals surface area contributed by atoms with Gasteiger partial charge < -0.3 is 5.32 Å². The first kappa shape index (κ1) is 7.27. The van der Waals surface area contributed by atoms with E-state index in [2.05, 4.69) is 26.1 Å². The summed E-state index contributed by atoms with van der Waals surface area (Å²) in [4.78, 5) is 0. The highest BCUT2D eigenvalue weighted by atomic mass is 15.1. The third-order valence-corrected chi connectivity index (χ3v) is 6.61. The van der Waals surface area contributed by atoms with Gasteiger partial charge in [-0.3, -0.25) is 0 Å². The number of rotatable bonds is 2. The fourth-order valence-electron chi connectivity index (χ4n) is 6.44. The minimum absolute atomic E-state index is 0.329. The Morgan fingerprint density at radius 3 is 1.86 bits per heavy atom.